The number of carbonyl (C=O) groups excluding carboxylic acids is 1. The number of amides is 1. The molecule has 7 nitrogen and oxygen atoms in total. The summed E-state index contributed by atoms with van der Waals surface area (Å²) >= 11 is 0. The predicted octanol–water partition coefficient (Wildman–Crippen LogP) is 1.25. The van der Waals surface area contributed by atoms with Crippen molar-refractivity contribution in [3.63, 3.8) is 0 Å². The van der Waals surface area contributed by atoms with Gasteiger partial charge in [-0.1, -0.05) is 5.16 Å². The van der Waals surface area contributed by atoms with Gasteiger partial charge in [-0.05, 0) is 19.8 Å². The Labute approximate surface area is 128 Å². The predicted molar refractivity (Wildman–Crippen MR) is 77.2 cm³/mol. The summed E-state index contributed by atoms with van der Waals surface area (Å²) < 4.78 is 10.6. The van der Waals surface area contributed by atoms with Crippen LogP contribution in [0.25, 0.3) is 0 Å². The highest BCUT2D eigenvalue weighted by Gasteiger charge is 2.30. The van der Waals surface area contributed by atoms with Gasteiger partial charge >= 0.3 is 0 Å². The van der Waals surface area contributed by atoms with Gasteiger partial charge < -0.3 is 14.2 Å². The van der Waals surface area contributed by atoms with Crippen molar-refractivity contribution in [1.29, 1.82) is 0 Å². The van der Waals surface area contributed by atoms with Crippen LogP contribution in [0.2, 0.25) is 0 Å². The van der Waals surface area contributed by atoms with Crippen molar-refractivity contribution in [2.45, 2.75) is 25.8 Å². The van der Waals surface area contributed by atoms with Crippen LogP contribution in [0.1, 0.15) is 28.4 Å². The van der Waals surface area contributed by atoms with Crippen LogP contribution in [-0.4, -0.2) is 51.7 Å². The number of hydrogen-bond donors (Lipinski definition) is 0. The lowest BCUT2D eigenvalue weighted by molar-refractivity contribution is -0.00603. The Morgan fingerprint density at radius 2 is 2.36 bits per heavy atom. The number of rotatable bonds is 4. The summed E-state index contributed by atoms with van der Waals surface area (Å²) in [6, 6.07) is 1.67. The van der Waals surface area contributed by atoms with Gasteiger partial charge in [0.05, 0.1) is 30.6 Å². The molecule has 0 N–H and O–H groups in total. The van der Waals surface area contributed by atoms with Gasteiger partial charge in [0.2, 0.25) is 5.76 Å². The Bertz CT molecular complexity index is 629. The highest BCUT2D eigenvalue weighted by atomic mass is 16.5. The van der Waals surface area contributed by atoms with Crippen LogP contribution in [-0.2, 0) is 11.2 Å². The Morgan fingerprint density at radius 3 is 3.09 bits per heavy atom. The Kier molecular flexibility index (Phi) is 4.43. The number of nitrogens with zero attached hydrogens (tertiary/aromatic N) is 4. The van der Waals surface area contributed by atoms with Gasteiger partial charge in [0, 0.05) is 31.2 Å². The van der Waals surface area contributed by atoms with Crippen LogP contribution in [0.3, 0.4) is 0 Å². The molecule has 2 aromatic heterocycles. The molecule has 1 amide bonds. The SMILES string of the molecule is Cc1cc(C(=O)N2CCOCC2CCc2cnccn2)on1. The molecule has 116 valence electrons. The monoisotopic (exact) mass is 302 g/mol. The number of ether oxygens (including phenoxy) is 1. The van der Waals surface area contributed by atoms with Gasteiger partial charge in [-0.2, -0.15) is 0 Å². The number of aryl methyl sites for hydroxylation is 2. The maximum absolute atomic E-state index is 12.5. The quantitative estimate of drug-likeness (QED) is 0.845. The average Bonchev–Trinajstić information content (AvgIpc) is 3.00. The summed E-state index contributed by atoms with van der Waals surface area (Å²) in [7, 11) is 0. The maximum Gasteiger partial charge on any atom is 0.292 e. The molecule has 0 bridgehead atoms. The molecule has 1 fully saturated rings. The van der Waals surface area contributed by atoms with Crippen LogP contribution in [0.4, 0.5) is 0 Å². The van der Waals surface area contributed by atoms with Crippen LogP contribution in [0, 0.1) is 6.92 Å². The fourth-order valence-electron chi connectivity index (χ4n) is 2.54. The van der Waals surface area contributed by atoms with Gasteiger partial charge in [0.1, 0.15) is 0 Å². The zero-order chi connectivity index (χ0) is 15.4. The third kappa shape index (κ3) is 3.30. The minimum atomic E-state index is -0.131. The molecule has 1 unspecified atom stereocenters. The molecule has 2 aromatic rings. The highest BCUT2D eigenvalue weighted by Crippen LogP contribution is 2.17. The first kappa shape index (κ1) is 14.6. The van der Waals surface area contributed by atoms with Crippen LogP contribution >= 0.6 is 0 Å². The molecule has 3 rings (SSSR count). The van der Waals surface area contributed by atoms with Crippen molar-refractivity contribution in [3.8, 4) is 0 Å². The van der Waals surface area contributed by atoms with E-state index in [9.17, 15) is 4.79 Å². The largest absolute Gasteiger partial charge is 0.377 e. The second-order valence-corrected chi connectivity index (χ2v) is 5.30. The van der Waals surface area contributed by atoms with Crippen LogP contribution in [0.5, 0.6) is 0 Å². The molecule has 0 aromatic carbocycles. The van der Waals surface area contributed by atoms with E-state index in [1.54, 1.807) is 36.5 Å². The van der Waals surface area contributed by atoms with E-state index in [-0.39, 0.29) is 17.7 Å². The second kappa shape index (κ2) is 6.65. The summed E-state index contributed by atoms with van der Waals surface area (Å²) in [5.41, 5.74) is 1.61. The lowest BCUT2D eigenvalue weighted by Crippen LogP contribution is -2.48. The summed E-state index contributed by atoms with van der Waals surface area (Å²) in [4.78, 5) is 22.7. The molecule has 22 heavy (non-hydrogen) atoms. The fourth-order valence-corrected chi connectivity index (χ4v) is 2.54. The van der Waals surface area contributed by atoms with Crippen molar-refractivity contribution in [1.82, 2.24) is 20.0 Å². The average molecular weight is 302 g/mol. The van der Waals surface area contributed by atoms with E-state index in [0.29, 0.717) is 25.5 Å². The van der Waals surface area contributed by atoms with E-state index in [0.717, 1.165) is 18.5 Å². The molecular weight excluding hydrogens is 284 g/mol. The first-order valence-electron chi connectivity index (χ1n) is 7.31. The van der Waals surface area contributed by atoms with E-state index in [1.807, 2.05) is 0 Å². The van der Waals surface area contributed by atoms with Gasteiger partial charge in [-0.25, -0.2) is 0 Å². The summed E-state index contributed by atoms with van der Waals surface area (Å²) in [6.45, 7) is 3.43. The van der Waals surface area contributed by atoms with Gasteiger partial charge in [0.15, 0.2) is 0 Å². The minimum Gasteiger partial charge on any atom is -0.377 e. The Balaban J connectivity index is 1.67. The summed E-state index contributed by atoms with van der Waals surface area (Å²) in [5, 5.41) is 3.78. The highest BCUT2D eigenvalue weighted by molar-refractivity contribution is 5.91. The standard InChI is InChI=1S/C15H18N4O3/c1-11-8-14(22-18-11)15(20)19-6-7-21-10-13(19)3-2-12-9-16-4-5-17-12/h4-5,8-9,13H,2-3,6-7,10H2,1H3. The molecular formula is C15H18N4O3. The van der Waals surface area contributed by atoms with Crippen molar-refractivity contribution in [2.75, 3.05) is 19.8 Å². The molecule has 1 saturated heterocycles. The molecule has 7 heteroatoms. The first-order valence-corrected chi connectivity index (χ1v) is 7.31. The third-order valence-electron chi connectivity index (χ3n) is 3.68. The topological polar surface area (TPSA) is 81.4 Å². The van der Waals surface area contributed by atoms with E-state index < -0.39 is 0 Å². The summed E-state index contributed by atoms with van der Waals surface area (Å²) in [6.07, 6.45) is 6.59. The Morgan fingerprint density at radius 1 is 1.45 bits per heavy atom. The van der Waals surface area contributed by atoms with E-state index in [1.165, 1.54) is 0 Å². The van der Waals surface area contributed by atoms with E-state index >= 15 is 0 Å². The smallest absolute Gasteiger partial charge is 0.292 e. The number of morpholine rings is 1. The molecule has 1 atom stereocenters. The first-order chi connectivity index (χ1) is 10.7. The molecule has 0 radical (unpaired) electrons. The van der Waals surface area contributed by atoms with Gasteiger partial charge in [0.25, 0.3) is 5.91 Å². The molecule has 0 spiro atoms. The zero-order valence-corrected chi connectivity index (χ0v) is 12.4. The van der Waals surface area contributed by atoms with Crippen molar-refractivity contribution in [3.05, 3.63) is 41.8 Å². The number of aromatic nitrogens is 3. The Hall–Kier alpha value is -2.28. The number of carbonyl (C=O) groups is 1. The third-order valence-corrected chi connectivity index (χ3v) is 3.68. The molecule has 1 aliphatic heterocycles. The van der Waals surface area contributed by atoms with Gasteiger partial charge in [-0.3, -0.25) is 14.8 Å². The number of hydrogen-bond acceptors (Lipinski definition) is 6. The lowest BCUT2D eigenvalue weighted by atomic mass is 10.1. The molecule has 0 aliphatic carbocycles. The maximum atomic E-state index is 12.5. The van der Waals surface area contributed by atoms with E-state index in [4.69, 9.17) is 9.26 Å². The lowest BCUT2D eigenvalue weighted by Gasteiger charge is -2.35. The van der Waals surface area contributed by atoms with Crippen LogP contribution < -0.4 is 0 Å². The molecule has 1 aliphatic rings. The molecule has 3 heterocycles. The van der Waals surface area contributed by atoms with Crippen molar-refractivity contribution >= 4 is 5.91 Å². The van der Waals surface area contributed by atoms with Crippen molar-refractivity contribution in [2.24, 2.45) is 0 Å². The summed E-state index contributed by atoms with van der Waals surface area (Å²) in [5.74, 6) is 0.150. The second-order valence-electron chi connectivity index (χ2n) is 5.30. The van der Waals surface area contributed by atoms with Crippen molar-refractivity contribution < 1.29 is 14.1 Å². The normalized spacial score (nSPS) is 18.4. The fraction of sp³-hybridized carbons (Fsp3) is 0.467. The van der Waals surface area contributed by atoms with Crippen LogP contribution in [0.15, 0.2) is 29.2 Å². The minimum absolute atomic E-state index is 0.00802. The molecule has 0 saturated carbocycles. The zero-order valence-electron chi connectivity index (χ0n) is 12.4. The van der Waals surface area contributed by atoms with E-state index in [2.05, 4.69) is 15.1 Å². The van der Waals surface area contributed by atoms with Gasteiger partial charge in [-0.15, -0.1) is 0 Å².